The Hall–Kier alpha value is -0.690. The van der Waals surface area contributed by atoms with Crippen LogP contribution in [0.1, 0.15) is 0 Å². The highest BCUT2D eigenvalue weighted by atomic mass is 79.9. The predicted molar refractivity (Wildman–Crippen MR) is 88.8 cm³/mol. The summed E-state index contributed by atoms with van der Waals surface area (Å²) in [5.41, 5.74) is 2.23. The van der Waals surface area contributed by atoms with Gasteiger partial charge in [-0.25, -0.2) is 4.39 Å². The van der Waals surface area contributed by atoms with Crippen LogP contribution < -0.4 is 0 Å². The fourth-order valence-electron chi connectivity index (χ4n) is 1.98. The van der Waals surface area contributed by atoms with E-state index >= 15 is 0 Å². The van der Waals surface area contributed by atoms with E-state index < -0.39 is 0 Å². The van der Waals surface area contributed by atoms with Crippen molar-refractivity contribution < 1.29 is 4.39 Å². The summed E-state index contributed by atoms with van der Waals surface area (Å²) in [6.07, 6.45) is 0. The van der Waals surface area contributed by atoms with Gasteiger partial charge in [0.15, 0.2) is 4.77 Å². The number of hydrogen-bond acceptors (Lipinski definition) is 1. The molecule has 1 N–H and O–H groups in total. The van der Waals surface area contributed by atoms with Crippen molar-refractivity contribution >= 4 is 66.7 Å². The Morgan fingerprint density at radius 1 is 1.15 bits per heavy atom. The van der Waals surface area contributed by atoms with Gasteiger partial charge < -0.3 is 4.98 Å². The van der Waals surface area contributed by atoms with E-state index in [1.807, 2.05) is 16.7 Å². The van der Waals surface area contributed by atoms with E-state index in [2.05, 4.69) is 36.8 Å². The molecular formula is C13H6Br2ClFN2S. The highest BCUT2D eigenvalue weighted by Crippen LogP contribution is 2.29. The highest BCUT2D eigenvalue weighted by molar-refractivity contribution is 9.10. The van der Waals surface area contributed by atoms with Crippen LogP contribution >= 0.6 is 55.7 Å². The molecule has 0 atom stereocenters. The summed E-state index contributed by atoms with van der Waals surface area (Å²) in [7, 11) is 0. The average Bonchev–Trinajstić information content (AvgIpc) is 2.69. The first-order valence-corrected chi connectivity index (χ1v) is 7.90. The van der Waals surface area contributed by atoms with Gasteiger partial charge in [0.1, 0.15) is 5.82 Å². The molecule has 0 aliphatic heterocycles. The van der Waals surface area contributed by atoms with Gasteiger partial charge in [-0.05, 0) is 68.3 Å². The first kappa shape index (κ1) is 14.3. The quantitative estimate of drug-likeness (QED) is 0.464. The van der Waals surface area contributed by atoms with E-state index in [0.29, 0.717) is 19.8 Å². The smallest absolute Gasteiger partial charge is 0.182 e. The molecule has 0 amide bonds. The van der Waals surface area contributed by atoms with Crippen molar-refractivity contribution in [3.8, 4) is 5.69 Å². The van der Waals surface area contributed by atoms with Gasteiger partial charge in [-0.15, -0.1) is 0 Å². The first-order valence-electron chi connectivity index (χ1n) is 5.52. The number of nitrogens with one attached hydrogen (secondary N) is 1. The van der Waals surface area contributed by atoms with Crippen LogP contribution in [0.3, 0.4) is 0 Å². The van der Waals surface area contributed by atoms with E-state index in [1.54, 1.807) is 12.1 Å². The third-order valence-electron chi connectivity index (χ3n) is 2.89. The van der Waals surface area contributed by atoms with Crippen molar-refractivity contribution in [2.75, 3.05) is 0 Å². The van der Waals surface area contributed by atoms with Crippen molar-refractivity contribution in [1.82, 2.24) is 9.55 Å². The molecular weight excluding hydrogens is 430 g/mol. The van der Waals surface area contributed by atoms with Crippen LogP contribution in [-0.2, 0) is 0 Å². The molecule has 0 saturated carbocycles. The molecule has 0 unspecified atom stereocenters. The molecule has 0 aliphatic rings. The number of fused-ring (bicyclic) bond motifs is 1. The van der Waals surface area contributed by atoms with Gasteiger partial charge >= 0.3 is 0 Å². The van der Waals surface area contributed by atoms with Gasteiger partial charge in [-0.3, -0.25) is 4.57 Å². The third kappa shape index (κ3) is 2.35. The normalized spacial score (nSPS) is 11.2. The monoisotopic (exact) mass is 434 g/mol. The Kier molecular flexibility index (Phi) is 3.75. The zero-order valence-corrected chi connectivity index (χ0v) is 14.5. The number of aromatic amines is 1. The maximum Gasteiger partial charge on any atom is 0.182 e. The summed E-state index contributed by atoms with van der Waals surface area (Å²) < 4.78 is 17.1. The van der Waals surface area contributed by atoms with E-state index in [4.69, 9.17) is 23.8 Å². The molecule has 1 aromatic heterocycles. The van der Waals surface area contributed by atoms with Gasteiger partial charge in [0, 0.05) is 16.2 Å². The average molecular weight is 437 g/mol. The van der Waals surface area contributed by atoms with Crippen LogP contribution in [0.25, 0.3) is 16.7 Å². The maximum atomic E-state index is 13.6. The molecule has 3 aromatic rings. The maximum absolute atomic E-state index is 13.6. The number of aromatic nitrogens is 2. The van der Waals surface area contributed by atoms with Crippen LogP contribution in [-0.4, -0.2) is 9.55 Å². The minimum atomic E-state index is -0.338. The Morgan fingerprint density at radius 3 is 2.60 bits per heavy atom. The summed E-state index contributed by atoms with van der Waals surface area (Å²) in [5.74, 6) is -0.338. The topological polar surface area (TPSA) is 20.7 Å². The number of rotatable bonds is 1. The van der Waals surface area contributed by atoms with Crippen LogP contribution in [0, 0.1) is 10.6 Å². The molecule has 2 aromatic carbocycles. The van der Waals surface area contributed by atoms with Crippen molar-refractivity contribution in [1.29, 1.82) is 0 Å². The molecule has 2 nitrogen and oxygen atoms in total. The van der Waals surface area contributed by atoms with Gasteiger partial charge in [-0.2, -0.15) is 0 Å². The standard InChI is InChI=1S/C13H6Br2ClFN2S/c14-7-2-1-6(3-9(7)16)19-12-4-8(15)10(17)5-11(12)18-13(19)20/h1-5H,(H,18,20). The third-order valence-corrected chi connectivity index (χ3v) is 5.01. The minimum Gasteiger partial charge on any atom is -0.330 e. The molecule has 102 valence electrons. The van der Waals surface area contributed by atoms with Crippen molar-refractivity contribution in [3.63, 3.8) is 0 Å². The predicted octanol–water partition coefficient (Wildman–Crippen LogP) is 6.01. The Morgan fingerprint density at radius 2 is 1.90 bits per heavy atom. The molecule has 0 radical (unpaired) electrons. The van der Waals surface area contributed by atoms with Crippen LogP contribution in [0.5, 0.6) is 0 Å². The summed E-state index contributed by atoms with van der Waals surface area (Å²) in [6, 6.07) is 8.62. The molecule has 0 bridgehead atoms. The number of imidazole rings is 1. The Balaban J connectivity index is 2.35. The molecule has 0 fully saturated rings. The van der Waals surface area contributed by atoms with Gasteiger partial charge in [0.05, 0.1) is 20.5 Å². The summed E-state index contributed by atoms with van der Waals surface area (Å²) >= 11 is 18.0. The second-order valence-electron chi connectivity index (χ2n) is 4.15. The molecule has 0 saturated heterocycles. The van der Waals surface area contributed by atoms with Gasteiger partial charge in [0.2, 0.25) is 0 Å². The van der Waals surface area contributed by atoms with Crippen LogP contribution in [0.4, 0.5) is 4.39 Å². The Bertz CT molecular complexity index is 888. The van der Waals surface area contributed by atoms with Gasteiger partial charge in [0.25, 0.3) is 0 Å². The molecule has 0 spiro atoms. The van der Waals surface area contributed by atoms with Crippen molar-refractivity contribution in [2.24, 2.45) is 0 Å². The number of H-pyrrole nitrogens is 1. The zero-order chi connectivity index (χ0) is 14.4. The summed E-state index contributed by atoms with van der Waals surface area (Å²) in [4.78, 5) is 2.99. The minimum absolute atomic E-state index is 0.338. The molecule has 3 rings (SSSR count). The molecule has 20 heavy (non-hydrogen) atoms. The number of halogens is 4. The van der Waals surface area contributed by atoms with E-state index in [1.165, 1.54) is 6.07 Å². The van der Waals surface area contributed by atoms with Crippen LogP contribution in [0.15, 0.2) is 39.3 Å². The fourth-order valence-corrected chi connectivity index (χ4v) is 3.05. The number of hydrogen-bond donors (Lipinski definition) is 1. The SMILES string of the molecule is Fc1cc2[nH]c(=S)n(-c3ccc(Br)c(Cl)c3)c2cc1Br. The highest BCUT2D eigenvalue weighted by Gasteiger charge is 2.11. The molecule has 1 heterocycles. The molecule has 0 aliphatic carbocycles. The van der Waals surface area contributed by atoms with Crippen molar-refractivity contribution in [3.05, 3.63) is 54.9 Å². The zero-order valence-electron chi connectivity index (χ0n) is 9.75. The van der Waals surface area contributed by atoms with Gasteiger partial charge in [-0.1, -0.05) is 11.6 Å². The summed E-state index contributed by atoms with van der Waals surface area (Å²) in [6.45, 7) is 0. The molecule has 7 heteroatoms. The lowest BCUT2D eigenvalue weighted by molar-refractivity contribution is 0.623. The lowest BCUT2D eigenvalue weighted by atomic mass is 10.2. The van der Waals surface area contributed by atoms with Crippen LogP contribution in [0.2, 0.25) is 5.02 Å². The first-order chi connectivity index (χ1) is 9.47. The Labute approximate surface area is 140 Å². The van der Waals surface area contributed by atoms with E-state index in [9.17, 15) is 4.39 Å². The number of nitrogens with zero attached hydrogens (tertiary/aromatic N) is 1. The second-order valence-corrected chi connectivity index (χ2v) is 6.65. The fraction of sp³-hybridized carbons (Fsp3) is 0. The van der Waals surface area contributed by atoms with Crippen molar-refractivity contribution in [2.45, 2.75) is 0 Å². The second kappa shape index (κ2) is 5.26. The lowest BCUT2D eigenvalue weighted by Crippen LogP contribution is -1.94. The van der Waals surface area contributed by atoms with E-state index in [0.717, 1.165) is 15.7 Å². The summed E-state index contributed by atoms with van der Waals surface area (Å²) in [5, 5.41) is 0.583. The number of benzene rings is 2. The lowest BCUT2D eigenvalue weighted by Gasteiger charge is -2.06. The van der Waals surface area contributed by atoms with E-state index in [-0.39, 0.29) is 5.82 Å². The largest absolute Gasteiger partial charge is 0.330 e.